The lowest BCUT2D eigenvalue weighted by Gasteiger charge is -2.36. The van der Waals surface area contributed by atoms with Gasteiger partial charge in [0, 0.05) is 31.6 Å². The van der Waals surface area contributed by atoms with Gasteiger partial charge in [-0.3, -0.25) is 5.32 Å². The van der Waals surface area contributed by atoms with Gasteiger partial charge in [-0.05, 0) is 36.4 Å². The predicted octanol–water partition coefficient (Wildman–Crippen LogP) is 4.33. The van der Waals surface area contributed by atoms with E-state index >= 15 is 0 Å². The molecule has 0 unspecified atom stereocenters. The number of carbonyl (C=O) groups excluding carboxylic acids is 1. The van der Waals surface area contributed by atoms with Crippen LogP contribution in [0.25, 0.3) is 0 Å². The summed E-state index contributed by atoms with van der Waals surface area (Å²) in [7, 11) is -4.57. The molecule has 8 nitrogen and oxygen atoms in total. The molecule has 2 aromatic rings. The number of amides is 1. The molecule has 192 valence electrons. The summed E-state index contributed by atoms with van der Waals surface area (Å²) >= 11 is 0. The van der Waals surface area contributed by atoms with E-state index in [0.29, 0.717) is 6.07 Å². The second-order valence-electron chi connectivity index (χ2n) is 7.43. The minimum atomic E-state index is -4.90. The number of piperidine rings is 1. The van der Waals surface area contributed by atoms with Crippen molar-refractivity contribution in [3.8, 4) is 5.75 Å². The van der Waals surface area contributed by atoms with Crippen molar-refractivity contribution in [3.63, 3.8) is 0 Å². The lowest BCUT2D eigenvalue weighted by molar-refractivity contribution is -0.274. The third kappa shape index (κ3) is 6.76. The Hall–Kier alpha value is -3.04. The normalized spacial score (nSPS) is 17.0. The first-order chi connectivity index (χ1) is 16.1. The fourth-order valence-electron chi connectivity index (χ4n) is 3.30. The van der Waals surface area contributed by atoms with Gasteiger partial charge in [0.05, 0.1) is 10.5 Å². The maximum Gasteiger partial charge on any atom is 0.573 e. The van der Waals surface area contributed by atoms with Gasteiger partial charge in [-0.15, -0.1) is 13.2 Å². The Morgan fingerprint density at radius 1 is 0.971 bits per heavy atom. The van der Waals surface area contributed by atoms with Crippen LogP contribution in [0.2, 0.25) is 0 Å². The average molecular weight is 528 g/mol. The average Bonchev–Trinajstić information content (AvgIpc) is 2.73. The Bertz CT molecular complexity index is 1160. The van der Waals surface area contributed by atoms with Gasteiger partial charge in [0.2, 0.25) is 15.8 Å². The molecule has 0 saturated carbocycles. The highest BCUT2D eigenvalue weighted by atomic mass is 32.2. The summed E-state index contributed by atoms with van der Waals surface area (Å²) in [5.74, 6) is -2.66. The molecule has 1 aliphatic heterocycles. The molecule has 1 amide bonds. The number of anilines is 1. The minimum absolute atomic E-state index is 0.0110. The Kier molecular flexibility index (Phi) is 7.24. The van der Waals surface area contributed by atoms with Gasteiger partial charge >= 0.3 is 18.6 Å². The minimum Gasteiger partial charge on any atom is -0.417 e. The van der Waals surface area contributed by atoms with E-state index in [9.17, 15) is 44.7 Å². The second kappa shape index (κ2) is 9.54. The van der Waals surface area contributed by atoms with Crippen LogP contribution in [0.1, 0.15) is 18.4 Å². The number of halogens is 6. The van der Waals surface area contributed by atoms with Crippen LogP contribution in [0.5, 0.6) is 5.75 Å². The highest BCUT2D eigenvalue weighted by molar-refractivity contribution is 7.89. The molecule has 2 N–H and O–H groups in total. The van der Waals surface area contributed by atoms with E-state index in [1.165, 1.54) is 0 Å². The Labute approximate surface area is 195 Å². The predicted molar refractivity (Wildman–Crippen MR) is 108 cm³/mol. The zero-order valence-corrected chi connectivity index (χ0v) is 18.4. The Morgan fingerprint density at radius 2 is 1.54 bits per heavy atom. The number of nitrogens with one attached hydrogen (secondary N) is 1. The first-order valence-electron chi connectivity index (χ1n) is 9.84. The third-order valence-electron chi connectivity index (χ3n) is 4.93. The zero-order chi connectivity index (χ0) is 26.1. The van der Waals surface area contributed by atoms with E-state index in [-0.39, 0.29) is 5.69 Å². The number of ether oxygens (including phenoxy) is 2. The molecule has 1 saturated heterocycles. The third-order valence-corrected chi connectivity index (χ3v) is 6.89. The molecule has 35 heavy (non-hydrogen) atoms. The van der Waals surface area contributed by atoms with Crippen molar-refractivity contribution in [3.05, 3.63) is 54.1 Å². The van der Waals surface area contributed by atoms with Gasteiger partial charge in [-0.1, -0.05) is 12.1 Å². The molecule has 1 heterocycles. The van der Waals surface area contributed by atoms with E-state index in [0.717, 1.165) is 46.8 Å². The summed E-state index contributed by atoms with van der Waals surface area (Å²) in [4.78, 5) is 11.2. The van der Waals surface area contributed by atoms with E-state index in [4.69, 9.17) is 4.74 Å². The van der Waals surface area contributed by atoms with E-state index in [2.05, 4.69) is 10.1 Å². The van der Waals surface area contributed by atoms with E-state index in [1.54, 1.807) is 0 Å². The maximum atomic E-state index is 13.2. The van der Waals surface area contributed by atoms with Gasteiger partial charge in [0.1, 0.15) is 5.75 Å². The van der Waals surface area contributed by atoms with Crippen LogP contribution in [0.15, 0.2) is 53.4 Å². The summed E-state index contributed by atoms with van der Waals surface area (Å²) in [5, 5.41) is 12.7. The van der Waals surface area contributed by atoms with Gasteiger partial charge in [-0.2, -0.15) is 17.5 Å². The van der Waals surface area contributed by atoms with Crippen molar-refractivity contribution in [2.75, 3.05) is 18.4 Å². The summed E-state index contributed by atoms with van der Waals surface area (Å²) in [6.45, 7) is -0.885. The molecular weight excluding hydrogens is 510 g/mol. The SMILES string of the molecule is O=C(Nc1ccc(OC(F)(F)F)cc1)OC1(O)CCN(S(=O)(=O)c2ccccc2C(F)(F)F)CC1. The number of hydrogen-bond acceptors (Lipinski definition) is 6. The highest BCUT2D eigenvalue weighted by Gasteiger charge is 2.43. The largest absolute Gasteiger partial charge is 0.573 e. The van der Waals surface area contributed by atoms with Crippen molar-refractivity contribution < 1.29 is 54.1 Å². The molecule has 0 radical (unpaired) electrons. The number of sulfonamides is 1. The van der Waals surface area contributed by atoms with Crippen molar-refractivity contribution in [1.82, 2.24) is 4.31 Å². The molecule has 0 aromatic heterocycles. The second-order valence-corrected chi connectivity index (χ2v) is 9.34. The lowest BCUT2D eigenvalue weighted by atomic mass is 10.1. The van der Waals surface area contributed by atoms with E-state index in [1.807, 2.05) is 0 Å². The molecule has 0 bridgehead atoms. The fourth-order valence-corrected chi connectivity index (χ4v) is 4.95. The molecular formula is C20H18F6N2O6S. The standard InChI is InChI=1S/C20H18F6N2O6S/c21-19(22,23)15-3-1-2-4-16(15)35(31,32)28-11-9-18(30,10-12-28)34-17(29)27-13-5-7-14(8-6-13)33-20(24,25)26/h1-8,30H,9-12H2,(H,27,29). The number of hydrogen-bond donors (Lipinski definition) is 2. The molecule has 3 rings (SSSR count). The van der Waals surface area contributed by atoms with Crippen molar-refractivity contribution in [2.24, 2.45) is 0 Å². The highest BCUT2D eigenvalue weighted by Crippen LogP contribution is 2.36. The fraction of sp³-hybridized carbons (Fsp3) is 0.350. The monoisotopic (exact) mass is 528 g/mol. The summed E-state index contributed by atoms with van der Waals surface area (Å²) in [5.41, 5.74) is -1.32. The van der Waals surface area contributed by atoms with Crippen LogP contribution in [0.3, 0.4) is 0 Å². The van der Waals surface area contributed by atoms with Crippen LogP contribution in [-0.2, 0) is 20.9 Å². The van der Waals surface area contributed by atoms with Crippen molar-refractivity contribution in [2.45, 2.75) is 36.1 Å². The molecule has 0 atom stereocenters. The number of benzene rings is 2. The first kappa shape index (κ1) is 26.6. The smallest absolute Gasteiger partial charge is 0.417 e. The van der Waals surface area contributed by atoms with Gasteiger partial charge in [-0.25, -0.2) is 13.2 Å². The molecule has 0 spiro atoms. The van der Waals surface area contributed by atoms with Crippen LogP contribution < -0.4 is 10.1 Å². The Balaban J connectivity index is 1.61. The van der Waals surface area contributed by atoms with Gasteiger partial charge in [0.15, 0.2) is 0 Å². The van der Waals surface area contributed by atoms with Gasteiger partial charge < -0.3 is 14.6 Å². The van der Waals surface area contributed by atoms with Crippen LogP contribution >= 0.6 is 0 Å². The van der Waals surface area contributed by atoms with Crippen LogP contribution in [0, 0.1) is 0 Å². The lowest BCUT2D eigenvalue weighted by Crippen LogP contribution is -2.49. The summed E-state index contributed by atoms with van der Waals surface area (Å²) in [6.07, 6.45) is -11.9. The quantitative estimate of drug-likeness (QED) is 0.443. The molecule has 0 aliphatic carbocycles. The zero-order valence-electron chi connectivity index (χ0n) is 17.6. The van der Waals surface area contributed by atoms with E-state index < -0.39 is 76.6 Å². The molecule has 1 fully saturated rings. The molecule has 2 aromatic carbocycles. The van der Waals surface area contributed by atoms with Crippen molar-refractivity contribution >= 4 is 21.8 Å². The van der Waals surface area contributed by atoms with Crippen LogP contribution in [-0.4, -0.2) is 49.2 Å². The van der Waals surface area contributed by atoms with Crippen LogP contribution in [0.4, 0.5) is 36.8 Å². The summed E-state index contributed by atoms with van der Waals surface area (Å²) < 4.78 is 111. The van der Waals surface area contributed by atoms with Gasteiger partial charge in [0.25, 0.3) is 0 Å². The topological polar surface area (TPSA) is 105 Å². The number of rotatable bonds is 5. The number of aliphatic hydroxyl groups is 1. The summed E-state index contributed by atoms with van der Waals surface area (Å²) in [6, 6.07) is 7.70. The number of nitrogens with zero attached hydrogens (tertiary/aromatic N) is 1. The molecule has 1 aliphatic rings. The molecule has 15 heteroatoms. The maximum absolute atomic E-state index is 13.2. The Morgan fingerprint density at radius 3 is 2.09 bits per heavy atom. The first-order valence-corrected chi connectivity index (χ1v) is 11.3. The van der Waals surface area contributed by atoms with Crippen molar-refractivity contribution in [1.29, 1.82) is 0 Å². The number of alkyl halides is 6. The number of carbonyl (C=O) groups is 1.